The number of aromatic nitrogens is 2. The molecule has 0 aliphatic carbocycles. The summed E-state index contributed by atoms with van der Waals surface area (Å²) in [5.74, 6) is 0.399. The average Bonchev–Trinajstić information content (AvgIpc) is 2.49. The van der Waals surface area contributed by atoms with Crippen LogP contribution in [0, 0.1) is 0 Å². The summed E-state index contributed by atoms with van der Waals surface area (Å²) in [4.78, 5) is 24.1. The first-order chi connectivity index (χ1) is 6.72. The topological polar surface area (TPSA) is 107 Å². The molecule has 0 fully saturated rings. The zero-order chi connectivity index (χ0) is 10.1. The summed E-state index contributed by atoms with van der Waals surface area (Å²) in [6.07, 6.45) is 0. The van der Waals surface area contributed by atoms with Crippen LogP contribution >= 0.6 is 0 Å². The van der Waals surface area contributed by atoms with Crippen molar-refractivity contribution in [2.45, 2.75) is 0 Å². The molecule has 1 aromatic heterocycles. The molecule has 0 spiro atoms. The van der Waals surface area contributed by atoms with Crippen LogP contribution in [0.25, 0.3) is 0 Å². The van der Waals surface area contributed by atoms with E-state index in [2.05, 4.69) is 15.5 Å². The minimum Gasteiger partial charge on any atom is -0.345 e. The Bertz CT molecular complexity index is 406. The van der Waals surface area contributed by atoms with Crippen molar-refractivity contribution >= 4 is 17.4 Å². The van der Waals surface area contributed by atoms with Gasteiger partial charge in [0.15, 0.2) is 11.5 Å². The number of hydrogen-bond acceptors (Lipinski definition) is 4. The van der Waals surface area contributed by atoms with Gasteiger partial charge in [-0.2, -0.15) is 0 Å². The predicted molar refractivity (Wildman–Crippen MR) is 51.3 cm³/mol. The standard InChI is InChI=1S/C7H11N5O2/c8-1-2-12-3-4(13)9-5-6(12)10-11-7(5)14/h1-3,8H2,(H,9,13)(H2,10,11,14). The van der Waals surface area contributed by atoms with Gasteiger partial charge < -0.3 is 16.0 Å². The molecule has 0 saturated carbocycles. The van der Waals surface area contributed by atoms with Crippen molar-refractivity contribution in [3.05, 3.63) is 10.4 Å². The number of nitrogens with zero attached hydrogens (tertiary/aromatic N) is 1. The normalized spacial score (nSPS) is 15.2. The predicted octanol–water partition coefficient (Wildman–Crippen LogP) is -1.58. The Morgan fingerprint density at radius 2 is 2.14 bits per heavy atom. The molecule has 0 radical (unpaired) electrons. The van der Waals surface area contributed by atoms with Crippen LogP contribution in [0.15, 0.2) is 4.79 Å². The van der Waals surface area contributed by atoms with Crippen molar-refractivity contribution in [3.63, 3.8) is 0 Å². The smallest absolute Gasteiger partial charge is 0.289 e. The van der Waals surface area contributed by atoms with Crippen LogP contribution in [-0.4, -0.2) is 35.7 Å². The van der Waals surface area contributed by atoms with Gasteiger partial charge in [0, 0.05) is 13.1 Å². The van der Waals surface area contributed by atoms with E-state index in [1.54, 1.807) is 4.90 Å². The lowest BCUT2D eigenvalue weighted by Gasteiger charge is -2.26. The van der Waals surface area contributed by atoms with Crippen LogP contribution in [0.1, 0.15) is 0 Å². The van der Waals surface area contributed by atoms with Crippen molar-refractivity contribution in [1.82, 2.24) is 10.2 Å². The molecule has 0 bridgehead atoms. The van der Waals surface area contributed by atoms with E-state index >= 15 is 0 Å². The molecule has 1 amide bonds. The van der Waals surface area contributed by atoms with Crippen molar-refractivity contribution < 1.29 is 4.79 Å². The third kappa shape index (κ3) is 1.27. The number of anilines is 2. The number of carbonyl (C=O) groups is 1. The number of hydrogen-bond donors (Lipinski definition) is 4. The Morgan fingerprint density at radius 3 is 2.86 bits per heavy atom. The number of aromatic amines is 2. The first-order valence-electron chi connectivity index (χ1n) is 4.28. The van der Waals surface area contributed by atoms with Gasteiger partial charge in [-0.05, 0) is 0 Å². The van der Waals surface area contributed by atoms with Gasteiger partial charge >= 0.3 is 0 Å². The van der Waals surface area contributed by atoms with Crippen LogP contribution in [0.5, 0.6) is 0 Å². The fourth-order valence-corrected chi connectivity index (χ4v) is 1.48. The zero-order valence-electron chi connectivity index (χ0n) is 7.46. The molecule has 7 heteroatoms. The molecular formula is C7H11N5O2. The molecule has 0 saturated heterocycles. The molecule has 5 N–H and O–H groups in total. The van der Waals surface area contributed by atoms with Crippen LogP contribution in [0.3, 0.4) is 0 Å². The maximum atomic E-state index is 11.2. The average molecular weight is 197 g/mol. The highest BCUT2D eigenvalue weighted by Gasteiger charge is 2.25. The van der Waals surface area contributed by atoms with E-state index in [1.807, 2.05) is 0 Å². The first-order valence-corrected chi connectivity index (χ1v) is 4.28. The second-order valence-corrected chi connectivity index (χ2v) is 3.06. The van der Waals surface area contributed by atoms with E-state index in [0.717, 1.165) is 0 Å². The monoisotopic (exact) mass is 197 g/mol. The highest BCUT2D eigenvalue weighted by Crippen LogP contribution is 2.21. The quantitative estimate of drug-likeness (QED) is 0.459. The number of nitrogens with one attached hydrogen (secondary N) is 3. The lowest BCUT2D eigenvalue weighted by molar-refractivity contribution is -0.115. The van der Waals surface area contributed by atoms with E-state index in [4.69, 9.17) is 5.73 Å². The molecule has 7 nitrogen and oxygen atoms in total. The lowest BCUT2D eigenvalue weighted by Crippen LogP contribution is -2.41. The fourth-order valence-electron chi connectivity index (χ4n) is 1.48. The van der Waals surface area contributed by atoms with Crippen molar-refractivity contribution in [1.29, 1.82) is 0 Å². The molecule has 2 heterocycles. The van der Waals surface area contributed by atoms with Crippen molar-refractivity contribution in [2.24, 2.45) is 5.73 Å². The van der Waals surface area contributed by atoms with E-state index in [1.165, 1.54) is 0 Å². The van der Waals surface area contributed by atoms with E-state index in [-0.39, 0.29) is 23.7 Å². The molecule has 0 unspecified atom stereocenters. The minimum absolute atomic E-state index is 0.198. The molecule has 1 aliphatic rings. The molecule has 1 aliphatic heterocycles. The van der Waals surface area contributed by atoms with Crippen molar-refractivity contribution in [3.8, 4) is 0 Å². The Kier molecular flexibility index (Phi) is 2.01. The minimum atomic E-state index is -0.324. The Balaban J connectivity index is 2.39. The Hall–Kier alpha value is -1.76. The summed E-state index contributed by atoms with van der Waals surface area (Å²) in [6, 6.07) is 0. The largest absolute Gasteiger partial charge is 0.345 e. The van der Waals surface area contributed by atoms with Gasteiger partial charge in [0.05, 0.1) is 6.54 Å². The van der Waals surface area contributed by atoms with Crippen molar-refractivity contribution in [2.75, 3.05) is 29.9 Å². The van der Waals surface area contributed by atoms with Crippen LogP contribution < -0.4 is 21.5 Å². The SMILES string of the molecule is NCCN1CC(=O)Nc2c1[nH][nH]c2=O. The number of amides is 1. The summed E-state index contributed by atoms with van der Waals surface area (Å²) in [5.41, 5.74) is 5.34. The maximum Gasteiger partial charge on any atom is 0.289 e. The Labute approximate surface area is 79.3 Å². The maximum absolute atomic E-state index is 11.2. The van der Waals surface area contributed by atoms with Crippen LogP contribution in [0.4, 0.5) is 11.5 Å². The molecular weight excluding hydrogens is 186 g/mol. The second kappa shape index (κ2) is 3.18. The summed E-state index contributed by atoms with van der Waals surface area (Å²) in [6.45, 7) is 1.19. The number of H-pyrrole nitrogens is 2. The van der Waals surface area contributed by atoms with Gasteiger partial charge in [-0.15, -0.1) is 0 Å². The number of carbonyl (C=O) groups excluding carboxylic acids is 1. The molecule has 2 rings (SSSR count). The highest BCUT2D eigenvalue weighted by molar-refractivity contribution is 5.99. The molecule has 0 aromatic carbocycles. The highest BCUT2D eigenvalue weighted by atomic mass is 16.2. The second-order valence-electron chi connectivity index (χ2n) is 3.06. The molecule has 0 atom stereocenters. The van der Waals surface area contributed by atoms with Gasteiger partial charge in [0.2, 0.25) is 5.91 Å². The summed E-state index contributed by atoms with van der Waals surface area (Å²) in [5, 5.41) is 7.61. The summed E-state index contributed by atoms with van der Waals surface area (Å²) in [7, 11) is 0. The van der Waals surface area contributed by atoms with Gasteiger partial charge in [-0.25, -0.2) is 0 Å². The van der Waals surface area contributed by atoms with Gasteiger partial charge in [-0.1, -0.05) is 0 Å². The van der Waals surface area contributed by atoms with Crippen LogP contribution in [0.2, 0.25) is 0 Å². The van der Waals surface area contributed by atoms with E-state index < -0.39 is 0 Å². The lowest BCUT2D eigenvalue weighted by atomic mass is 10.3. The van der Waals surface area contributed by atoms with Gasteiger partial charge in [-0.3, -0.25) is 19.8 Å². The molecule has 76 valence electrons. The van der Waals surface area contributed by atoms with E-state index in [0.29, 0.717) is 18.9 Å². The molecule has 1 aromatic rings. The third-order valence-corrected chi connectivity index (χ3v) is 2.07. The number of rotatable bonds is 2. The zero-order valence-corrected chi connectivity index (χ0v) is 7.46. The number of nitrogens with two attached hydrogens (primary N) is 1. The fraction of sp³-hybridized carbons (Fsp3) is 0.429. The summed E-state index contributed by atoms with van der Waals surface area (Å²) >= 11 is 0. The van der Waals surface area contributed by atoms with Gasteiger partial charge in [0.1, 0.15) is 0 Å². The van der Waals surface area contributed by atoms with Gasteiger partial charge in [0.25, 0.3) is 5.56 Å². The van der Waals surface area contributed by atoms with E-state index in [9.17, 15) is 9.59 Å². The van der Waals surface area contributed by atoms with Crippen LogP contribution in [-0.2, 0) is 4.79 Å². The summed E-state index contributed by atoms with van der Waals surface area (Å²) < 4.78 is 0. The number of fused-ring (bicyclic) bond motifs is 1. The Morgan fingerprint density at radius 1 is 1.36 bits per heavy atom. The molecule has 14 heavy (non-hydrogen) atoms. The third-order valence-electron chi connectivity index (χ3n) is 2.07. The first kappa shape index (κ1) is 8.82.